The minimum Gasteiger partial charge on any atom is -0.367 e. The van der Waals surface area contributed by atoms with Crippen LogP contribution in [0.2, 0.25) is 0 Å². The van der Waals surface area contributed by atoms with Crippen molar-refractivity contribution in [2.45, 2.75) is 45.6 Å². The number of pyridine rings is 1. The maximum Gasteiger partial charge on any atom is 0.236 e. The fourth-order valence-corrected chi connectivity index (χ4v) is 3.48. The standard InChI is InChI=1S/C18H21N5/c1-12-10-13(2)23-17(21-15-7-3-4-8-15)16(22-18(23)20-12)14-6-5-9-19-11-14/h5-6,9-11,15,21H,3-4,7-8H2,1-2H3. The highest BCUT2D eigenvalue weighted by Gasteiger charge is 2.21. The zero-order valence-electron chi connectivity index (χ0n) is 13.6. The summed E-state index contributed by atoms with van der Waals surface area (Å²) in [6, 6.07) is 6.62. The molecule has 0 atom stereocenters. The fraction of sp³-hybridized carbons (Fsp3) is 0.389. The van der Waals surface area contributed by atoms with Crippen molar-refractivity contribution in [1.29, 1.82) is 0 Å². The molecular weight excluding hydrogens is 286 g/mol. The molecule has 0 saturated heterocycles. The van der Waals surface area contributed by atoms with E-state index in [0.29, 0.717) is 6.04 Å². The van der Waals surface area contributed by atoms with E-state index in [4.69, 9.17) is 4.98 Å². The van der Waals surface area contributed by atoms with Crippen LogP contribution >= 0.6 is 0 Å². The van der Waals surface area contributed by atoms with Gasteiger partial charge in [0, 0.05) is 35.4 Å². The fourth-order valence-electron chi connectivity index (χ4n) is 3.48. The van der Waals surface area contributed by atoms with Crippen molar-refractivity contribution in [3.8, 4) is 11.3 Å². The molecule has 3 aromatic rings. The van der Waals surface area contributed by atoms with Gasteiger partial charge in [-0.05, 0) is 44.9 Å². The molecule has 4 rings (SSSR count). The van der Waals surface area contributed by atoms with Crippen LogP contribution in [0.3, 0.4) is 0 Å². The molecule has 5 heteroatoms. The third-order valence-corrected chi connectivity index (χ3v) is 4.54. The summed E-state index contributed by atoms with van der Waals surface area (Å²) in [7, 11) is 0. The van der Waals surface area contributed by atoms with Gasteiger partial charge in [-0.25, -0.2) is 9.97 Å². The zero-order valence-corrected chi connectivity index (χ0v) is 13.6. The van der Waals surface area contributed by atoms with Crippen molar-refractivity contribution < 1.29 is 0 Å². The lowest BCUT2D eigenvalue weighted by molar-refractivity contribution is 0.747. The van der Waals surface area contributed by atoms with Gasteiger partial charge >= 0.3 is 0 Å². The normalized spacial score (nSPS) is 15.4. The molecule has 1 aliphatic rings. The molecule has 0 bridgehead atoms. The lowest BCUT2D eigenvalue weighted by Crippen LogP contribution is -2.17. The lowest BCUT2D eigenvalue weighted by atomic mass is 10.2. The Hall–Kier alpha value is -2.43. The van der Waals surface area contributed by atoms with Crippen LogP contribution in [0.25, 0.3) is 17.0 Å². The largest absolute Gasteiger partial charge is 0.367 e. The van der Waals surface area contributed by atoms with Gasteiger partial charge in [-0.3, -0.25) is 9.38 Å². The van der Waals surface area contributed by atoms with Gasteiger partial charge in [0.15, 0.2) is 0 Å². The first kappa shape index (κ1) is 14.2. The third-order valence-electron chi connectivity index (χ3n) is 4.54. The molecule has 0 unspecified atom stereocenters. The molecule has 5 nitrogen and oxygen atoms in total. The summed E-state index contributed by atoms with van der Waals surface area (Å²) in [6.45, 7) is 4.12. The quantitative estimate of drug-likeness (QED) is 0.800. The number of fused-ring (bicyclic) bond motifs is 1. The molecule has 3 aromatic heterocycles. The Morgan fingerprint density at radius 2 is 2.00 bits per heavy atom. The molecule has 0 amide bonds. The van der Waals surface area contributed by atoms with E-state index in [-0.39, 0.29) is 0 Å². The molecule has 0 radical (unpaired) electrons. The summed E-state index contributed by atoms with van der Waals surface area (Å²) in [6.07, 6.45) is 8.69. The van der Waals surface area contributed by atoms with Gasteiger partial charge in [-0.1, -0.05) is 12.8 Å². The minimum absolute atomic E-state index is 0.519. The first-order valence-electron chi connectivity index (χ1n) is 8.26. The Bertz CT molecular complexity index is 831. The van der Waals surface area contributed by atoms with E-state index in [2.05, 4.69) is 38.7 Å². The molecule has 0 spiro atoms. The molecule has 1 saturated carbocycles. The van der Waals surface area contributed by atoms with Crippen LogP contribution in [0.1, 0.15) is 37.1 Å². The maximum atomic E-state index is 4.80. The van der Waals surface area contributed by atoms with E-state index in [1.165, 1.54) is 25.7 Å². The predicted octanol–water partition coefficient (Wildman–Crippen LogP) is 3.76. The van der Waals surface area contributed by atoms with E-state index >= 15 is 0 Å². The van der Waals surface area contributed by atoms with Crippen LogP contribution in [0.5, 0.6) is 0 Å². The average molecular weight is 307 g/mol. The summed E-state index contributed by atoms with van der Waals surface area (Å²) in [5, 5.41) is 3.72. The highest BCUT2D eigenvalue weighted by Crippen LogP contribution is 2.31. The van der Waals surface area contributed by atoms with Crippen LogP contribution in [-0.4, -0.2) is 25.4 Å². The number of anilines is 1. The number of hydrogen-bond donors (Lipinski definition) is 1. The molecule has 3 heterocycles. The van der Waals surface area contributed by atoms with Gasteiger partial charge in [-0.2, -0.15) is 0 Å². The second kappa shape index (κ2) is 5.65. The van der Waals surface area contributed by atoms with Crippen molar-refractivity contribution in [2.24, 2.45) is 0 Å². The smallest absolute Gasteiger partial charge is 0.236 e. The molecule has 23 heavy (non-hydrogen) atoms. The SMILES string of the molecule is Cc1cc(C)n2c(NC3CCCC3)c(-c3cccnc3)nc2n1. The van der Waals surface area contributed by atoms with Crippen LogP contribution in [0.15, 0.2) is 30.6 Å². The van der Waals surface area contributed by atoms with E-state index in [1.807, 2.05) is 19.2 Å². The van der Waals surface area contributed by atoms with Crippen LogP contribution in [-0.2, 0) is 0 Å². The van der Waals surface area contributed by atoms with Gasteiger partial charge in [0.2, 0.25) is 5.78 Å². The second-order valence-corrected chi connectivity index (χ2v) is 6.35. The average Bonchev–Trinajstić information content (AvgIpc) is 3.16. The summed E-state index contributed by atoms with van der Waals surface area (Å²) in [4.78, 5) is 13.7. The van der Waals surface area contributed by atoms with Crippen LogP contribution in [0.4, 0.5) is 5.82 Å². The van der Waals surface area contributed by atoms with Crippen molar-refractivity contribution in [3.05, 3.63) is 42.0 Å². The van der Waals surface area contributed by atoms with Crippen molar-refractivity contribution in [3.63, 3.8) is 0 Å². The molecule has 1 aliphatic carbocycles. The first-order valence-corrected chi connectivity index (χ1v) is 8.26. The van der Waals surface area contributed by atoms with Gasteiger partial charge < -0.3 is 5.32 Å². The van der Waals surface area contributed by atoms with Gasteiger partial charge in [0.25, 0.3) is 0 Å². The predicted molar refractivity (Wildman–Crippen MR) is 91.6 cm³/mol. The number of nitrogens with one attached hydrogen (secondary N) is 1. The maximum absolute atomic E-state index is 4.80. The number of aromatic nitrogens is 4. The molecule has 1 N–H and O–H groups in total. The number of nitrogens with zero attached hydrogens (tertiary/aromatic N) is 4. The van der Waals surface area contributed by atoms with Gasteiger partial charge in [0.1, 0.15) is 11.5 Å². The summed E-state index contributed by atoms with van der Waals surface area (Å²) < 4.78 is 2.13. The van der Waals surface area contributed by atoms with Crippen molar-refractivity contribution >= 4 is 11.6 Å². The molecule has 1 fully saturated rings. The summed E-state index contributed by atoms with van der Waals surface area (Å²) in [5.41, 5.74) is 4.10. The number of imidazole rings is 1. The number of hydrogen-bond acceptors (Lipinski definition) is 4. The third kappa shape index (κ3) is 2.56. The van der Waals surface area contributed by atoms with Crippen LogP contribution < -0.4 is 5.32 Å². The molecule has 118 valence electrons. The summed E-state index contributed by atoms with van der Waals surface area (Å²) >= 11 is 0. The summed E-state index contributed by atoms with van der Waals surface area (Å²) in [5.74, 6) is 1.80. The Labute approximate surface area is 135 Å². The molecule has 0 aliphatic heterocycles. The topological polar surface area (TPSA) is 55.1 Å². The molecule has 0 aromatic carbocycles. The van der Waals surface area contributed by atoms with Crippen LogP contribution in [0, 0.1) is 13.8 Å². The molecular formula is C18H21N5. The number of aryl methyl sites for hydroxylation is 2. The van der Waals surface area contributed by atoms with E-state index in [1.54, 1.807) is 6.20 Å². The van der Waals surface area contributed by atoms with E-state index in [0.717, 1.165) is 34.2 Å². The second-order valence-electron chi connectivity index (χ2n) is 6.35. The van der Waals surface area contributed by atoms with Crippen molar-refractivity contribution in [1.82, 2.24) is 19.4 Å². The Morgan fingerprint density at radius 3 is 2.74 bits per heavy atom. The Balaban J connectivity index is 1.91. The first-order chi connectivity index (χ1) is 11.2. The van der Waals surface area contributed by atoms with Crippen molar-refractivity contribution in [2.75, 3.05) is 5.32 Å². The monoisotopic (exact) mass is 307 g/mol. The van der Waals surface area contributed by atoms with Gasteiger partial charge in [-0.15, -0.1) is 0 Å². The van der Waals surface area contributed by atoms with Gasteiger partial charge in [0.05, 0.1) is 0 Å². The zero-order chi connectivity index (χ0) is 15.8. The number of rotatable bonds is 3. The van der Waals surface area contributed by atoms with E-state index < -0.39 is 0 Å². The Kier molecular flexibility index (Phi) is 3.48. The van der Waals surface area contributed by atoms with E-state index in [9.17, 15) is 0 Å². The lowest BCUT2D eigenvalue weighted by Gasteiger charge is -2.15. The Morgan fingerprint density at radius 1 is 1.17 bits per heavy atom. The minimum atomic E-state index is 0.519. The highest BCUT2D eigenvalue weighted by molar-refractivity contribution is 5.75. The highest BCUT2D eigenvalue weighted by atomic mass is 15.2.